The maximum absolute atomic E-state index is 13.3. The van der Waals surface area contributed by atoms with E-state index in [2.05, 4.69) is 22.1 Å². The van der Waals surface area contributed by atoms with Gasteiger partial charge in [-0.05, 0) is 86.7 Å². The molecule has 10 heteroatoms. The van der Waals surface area contributed by atoms with E-state index in [4.69, 9.17) is 15.5 Å². The quantitative estimate of drug-likeness (QED) is 0.187. The second kappa shape index (κ2) is 13.8. The van der Waals surface area contributed by atoms with Crippen LogP contribution in [0.3, 0.4) is 0 Å². The molecular formula is C31H34Cl2FN5O2. The molecule has 0 amide bonds. The Morgan fingerprint density at radius 2 is 1.78 bits per heavy atom. The van der Waals surface area contributed by atoms with E-state index in [0.29, 0.717) is 23.8 Å². The van der Waals surface area contributed by atoms with Crippen molar-refractivity contribution in [3.8, 4) is 5.75 Å². The molecule has 3 aromatic carbocycles. The van der Waals surface area contributed by atoms with E-state index in [0.717, 1.165) is 41.2 Å². The highest BCUT2D eigenvalue weighted by Gasteiger charge is 2.28. The monoisotopic (exact) mass is 597 g/mol. The van der Waals surface area contributed by atoms with Gasteiger partial charge >= 0.3 is 5.97 Å². The van der Waals surface area contributed by atoms with Crippen molar-refractivity contribution in [3.05, 3.63) is 107 Å². The van der Waals surface area contributed by atoms with Gasteiger partial charge in [0.05, 0.1) is 6.04 Å². The van der Waals surface area contributed by atoms with Crippen LogP contribution in [0.15, 0.2) is 72.8 Å². The highest BCUT2D eigenvalue weighted by molar-refractivity contribution is 5.85. The molecule has 0 spiro atoms. The zero-order valence-electron chi connectivity index (χ0n) is 23.1. The highest BCUT2D eigenvalue weighted by atomic mass is 35.5. The number of ether oxygens (including phenoxy) is 1. The van der Waals surface area contributed by atoms with Crippen molar-refractivity contribution in [2.75, 3.05) is 16.8 Å². The number of nitrogens with zero attached hydrogens (tertiary/aromatic N) is 3. The van der Waals surface area contributed by atoms with Crippen LogP contribution in [0.25, 0.3) is 0 Å². The SMILES string of the molecule is Cc1nc(Nc2ccc(F)cc2)nc(N2CCc3ccc(OC(=O)[C@@H](N)Cc4ccccc4)cc3C2C)c1C.Cl.Cl. The molecule has 0 saturated heterocycles. The second-order valence-electron chi connectivity index (χ2n) is 9.91. The summed E-state index contributed by atoms with van der Waals surface area (Å²) >= 11 is 0. The lowest BCUT2D eigenvalue weighted by Crippen LogP contribution is -2.37. The van der Waals surface area contributed by atoms with E-state index < -0.39 is 12.0 Å². The Bertz CT molecular complexity index is 1490. The number of nitrogens with two attached hydrogens (primary N) is 1. The first-order valence-electron chi connectivity index (χ1n) is 13.1. The van der Waals surface area contributed by atoms with Gasteiger partial charge in [0.2, 0.25) is 5.95 Å². The summed E-state index contributed by atoms with van der Waals surface area (Å²) in [7, 11) is 0. The largest absolute Gasteiger partial charge is 0.425 e. The van der Waals surface area contributed by atoms with E-state index in [1.807, 2.05) is 62.4 Å². The summed E-state index contributed by atoms with van der Waals surface area (Å²) in [6.07, 6.45) is 1.24. The minimum Gasteiger partial charge on any atom is -0.425 e. The molecule has 2 atom stereocenters. The van der Waals surface area contributed by atoms with Crippen molar-refractivity contribution in [2.45, 2.75) is 45.7 Å². The van der Waals surface area contributed by atoms with Crippen LogP contribution in [0.5, 0.6) is 5.75 Å². The summed E-state index contributed by atoms with van der Waals surface area (Å²) in [6, 6.07) is 20.8. The lowest BCUT2D eigenvalue weighted by molar-refractivity contribution is -0.135. The number of carbonyl (C=O) groups excluding carboxylic acids is 1. The Hall–Kier alpha value is -3.72. The molecule has 1 aromatic heterocycles. The molecule has 0 aliphatic carbocycles. The average molecular weight is 599 g/mol. The Morgan fingerprint density at radius 1 is 1.07 bits per heavy atom. The molecule has 1 unspecified atom stereocenters. The molecule has 5 rings (SSSR count). The number of hydrogen-bond acceptors (Lipinski definition) is 7. The molecule has 4 aromatic rings. The van der Waals surface area contributed by atoms with Crippen LogP contribution >= 0.6 is 24.8 Å². The molecule has 0 radical (unpaired) electrons. The summed E-state index contributed by atoms with van der Waals surface area (Å²) < 4.78 is 19.0. The summed E-state index contributed by atoms with van der Waals surface area (Å²) in [5, 5.41) is 3.19. The van der Waals surface area contributed by atoms with E-state index in [9.17, 15) is 9.18 Å². The average Bonchev–Trinajstić information content (AvgIpc) is 2.93. The minimum atomic E-state index is -0.754. The van der Waals surface area contributed by atoms with Crippen molar-refractivity contribution in [3.63, 3.8) is 0 Å². The van der Waals surface area contributed by atoms with Crippen LogP contribution in [-0.4, -0.2) is 28.5 Å². The zero-order valence-corrected chi connectivity index (χ0v) is 24.8. The number of anilines is 3. The van der Waals surface area contributed by atoms with E-state index in [1.165, 1.54) is 17.7 Å². The number of rotatable bonds is 7. The van der Waals surface area contributed by atoms with Gasteiger partial charge in [-0.15, -0.1) is 24.8 Å². The Morgan fingerprint density at radius 3 is 2.49 bits per heavy atom. The Labute approximate surface area is 252 Å². The van der Waals surface area contributed by atoms with Gasteiger partial charge in [0.1, 0.15) is 23.4 Å². The number of benzene rings is 3. The first-order chi connectivity index (χ1) is 18.8. The third-order valence-electron chi connectivity index (χ3n) is 7.21. The molecule has 1 aliphatic rings. The van der Waals surface area contributed by atoms with Gasteiger partial charge in [-0.2, -0.15) is 4.98 Å². The Kier molecular flexibility index (Phi) is 10.7. The predicted octanol–water partition coefficient (Wildman–Crippen LogP) is 6.42. The number of aromatic nitrogens is 2. The lowest BCUT2D eigenvalue weighted by atomic mass is 9.93. The van der Waals surface area contributed by atoms with E-state index in [1.54, 1.807) is 12.1 Å². The number of fused-ring (bicyclic) bond motifs is 1. The number of halogens is 3. The fourth-order valence-corrected chi connectivity index (χ4v) is 4.90. The van der Waals surface area contributed by atoms with Gasteiger partial charge in [0.15, 0.2) is 0 Å². The van der Waals surface area contributed by atoms with Crippen molar-refractivity contribution in [1.29, 1.82) is 0 Å². The summed E-state index contributed by atoms with van der Waals surface area (Å²) in [6.45, 7) is 6.87. The standard InChI is InChI=1S/C31H32FN5O2.2ClH/c1-19-20(2)34-31(35-25-12-10-24(32)11-13-25)36-29(19)37-16-15-23-9-14-26(18-27(23)21(37)3)39-30(38)28(33)17-22-7-5-4-6-8-22;;/h4-14,18,21,28H,15-17,33H2,1-3H3,(H,34,35,36);2*1H/t21?,28-;;/m0../s1. The van der Waals surface area contributed by atoms with Crippen LogP contribution in [0.4, 0.5) is 21.8 Å². The Balaban J connectivity index is 0.00000231. The lowest BCUT2D eigenvalue weighted by Gasteiger charge is -2.37. The van der Waals surface area contributed by atoms with Crippen molar-refractivity contribution >= 4 is 48.2 Å². The topological polar surface area (TPSA) is 93.4 Å². The van der Waals surface area contributed by atoms with Gasteiger partial charge in [0.25, 0.3) is 0 Å². The normalized spacial score (nSPS) is 14.7. The molecule has 216 valence electrons. The van der Waals surface area contributed by atoms with Crippen molar-refractivity contribution in [2.24, 2.45) is 5.73 Å². The fourth-order valence-electron chi connectivity index (χ4n) is 4.90. The molecule has 1 aliphatic heterocycles. The summed E-state index contributed by atoms with van der Waals surface area (Å²) in [4.78, 5) is 24.4. The van der Waals surface area contributed by atoms with Gasteiger partial charge in [0, 0.05) is 23.5 Å². The molecule has 0 fully saturated rings. The van der Waals surface area contributed by atoms with Crippen LogP contribution in [0, 0.1) is 19.7 Å². The van der Waals surface area contributed by atoms with Gasteiger partial charge in [-0.25, -0.2) is 14.2 Å². The molecular weight excluding hydrogens is 564 g/mol. The van der Waals surface area contributed by atoms with Crippen molar-refractivity contribution in [1.82, 2.24) is 9.97 Å². The molecule has 3 N–H and O–H groups in total. The van der Waals surface area contributed by atoms with Crippen LogP contribution in [0.2, 0.25) is 0 Å². The smallest absolute Gasteiger partial charge is 0.328 e. The molecule has 0 saturated carbocycles. The number of aryl methyl sites for hydroxylation is 1. The number of esters is 1. The predicted molar refractivity (Wildman–Crippen MR) is 165 cm³/mol. The summed E-state index contributed by atoms with van der Waals surface area (Å²) in [5.41, 5.74) is 12.0. The number of hydrogen-bond donors (Lipinski definition) is 2. The van der Waals surface area contributed by atoms with E-state index in [-0.39, 0.29) is 36.7 Å². The second-order valence-corrected chi connectivity index (χ2v) is 9.91. The van der Waals surface area contributed by atoms with Gasteiger partial charge in [-0.1, -0.05) is 36.4 Å². The molecule has 2 heterocycles. The third-order valence-corrected chi connectivity index (χ3v) is 7.21. The first-order valence-corrected chi connectivity index (χ1v) is 13.1. The molecule has 0 bridgehead atoms. The van der Waals surface area contributed by atoms with E-state index >= 15 is 0 Å². The van der Waals surface area contributed by atoms with Crippen molar-refractivity contribution < 1.29 is 13.9 Å². The van der Waals surface area contributed by atoms with Gasteiger partial charge in [-0.3, -0.25) is 0 Å². The summed E-state index contributed by atoms with van der Waals surface area (Å²) in [5.74, 6) is 1.000. The minimum absolute atomic E-state index is 0. The fraction of sp³-hybridized carbons (Fsp3) is 0.258. The first kappa shape index (κ1) is 31.8. The molecule has 7 nitrogen and oxygen atoms in total. The van der Waals surface area contributed by atoms with Gasteiger partial charge < -0.3 is 20.7 Å². The van der Waals surface area contributed by atoms with Crippen LogP contribution < -0.4 is 20.7 Å². The molecule has 41 heavy (non-hydrogen) atoms. The van der Waals surface area contributed by atoms with Crippen LogP contribution in [0.1, 0.15) is 40.9 Å². The highest BCUT2D eigenvalue weighted by Crippen LogP contribution is 2.37. The zero-order chi connectivity index (χ0) is 27.5. The third kappa shape index (κ3) is 7.33. The van der Waals surface area contributed by atoms with Crippen LogP contribution in [-0.2, 0) is 17.6 Å². The number of nitrogens with one attached hydrogen (secondary N) is 1. The maximum Gasteiger partial charge on any atom is 0.328 e. The number of carbonyl (C=O) groups is 1. The maximum atomic E-state index is 13.3.